The van der Waals surface area contributed by atoms with Crippen molar-refractivity contribution in [1.29, 1.82) is 0 Å². The Balaban J connectivity index is 1.94. The van der Waals surface area contributed by atoms with Gasteiger partial charge in [0.1, 0.15) is 18.7 Å². The zero-order valence-electron chi connectivity index (χ0n) is 24.9. The second-order valence-electron chi connectivity index (χ2n) is 10.5. The molecule has 1 unspecified atom stereocenters. The molecule has 0 spiro atoms. The lowest BCUT2D eigenvalue weighted by Gasteiger charge is -2.25. The second kappa shape index (κ2) is 17.9. The number of primary amides is 2. The Labute approximate surface area is 255 Å². The van der Waals surface area contributed by atoms with E-state index in [2.05, 4.69) is 21.3 Å². The van der Waals surface area contributed by atoms with Crippen LogP contribution in [-0.4, -0.2) is 71.7 Å². The Morgan fingerprint density at radius 2 is 1.52 bits per heavy atom. The van der Waals surface area contributed by atoms with Crippen LogP contribution in [0.3, 0.4) is 0 Å². The molecule has 44 heavy (non-hydrogen) atoms. The van der Waals surface area contributed by atoms with Gasteiger partial charge in [-0.05, 0) is 49.3 Å². The van der Waals surface area contributed by atoms with E-state index in [0.29, 0.717) is 36.9 Å². The zero-order chi connectivity index (χ0) is 32.6. The minimum atomic E-state index is -1.00. The van der Waals surface area contributed by atoms with E-state index in [1.807, 2.05) is 0 Å². The first-order valence-corrected chi connectivity index (χ1v) is 14.4. The first-order valence-electron chi connectivity index (χ1n) is 14.4. The van der Waals surface area contributed by atoms with Crippen LogP contribution in [0.1, 0.15) is 57.9 Å². The number of imide groups is 1. The number of anilines is 1. The first kappa shape index (κ1) is 35.2. The van der Waals surface area contributed by atoms with Gasteiger partial charge in [0.05, 0.1) is 0 Å². The van der Waals surface area contributed by atoms with E-state index in [9.17, 15) is 33.6 Å². The summed E-state index contributed by atoms with van der Waals surface area (Å²) in [5.74, 6) is -2.40. The predicted octanol–water partition coefficient (Wildman–Crippen LogP) is 0.780. The lowest BCUT2D eigenvalue weighted by Crippen LogP contribution is -2.54. The molecule has 8 N–H and O–H groups in total. The molecule has 1 aromatic carbocycles. The van der Waals surface area contributed by atoms with Gasteiger partial charge in [0.15, 0.2) is 0 Å². The van der Waals surface area contributed by atoms with Crippen molar-refractivity contribution in [2.75, 3.05) is 18.4 Å². The van der Waals surface area contributed by atoms with E-state index < -0.39 is 36.0 Å². The molecule has 1 aliphatic heterocycles. The lowest BCUT2D eigenvalue weighted by molar-refractivity contribution is -0.137. The lowest BCUT2D eigenvalue weighted by atomic mass is 10.0. The Hall–Kier alpha value is -4.95. The number of rotatable bonds is 18. The summed E-state index contributed by atoms with van der Waals surface area (Å²) < 4.78 is 4.74. The Bertz CT molecular complexity index is 1210. The van der Waals surface area contributed by atoms with Crippen molar-refractivity contribution in [3.63, 3.8) is 0 Å². The predicted molar refractivity (Wildman–Crippen MR) is 159 cm³/mol. The maximum absolute atomic E-state index is 13.3. The van der Waals surface area contributed by atoms with Gasteiger partial charge < -0.3 is 37.5 Å². The number of nitrogens with two attached hydrogens (primary N) is 2. The molecule has 1 aromatic rings. The van der Waals surface area contributed by atoms with Crippen molar-refractivity contribution in [3.8, 4) is 0 Å². The van der Waals surface area contributed by atoms with Crippen LogP contribution in [0.4, 0.5) is 15.3 Å². The number of hydrogen-bond donors (Lipinski definition) is 6. The summed E-state index contributed by atoms with van der Waals surface area (Å²) in [6, 6.07) is 3.83. The topological polar surface area (TPSA) is 232 Å². The molecule has 0 saturated carbocycles. The van der Waals surface area contributed by atoms with E-state index >= 15 is 0 Å². The average Bonchev–Trinajstić information content (AvgIpc) is 3.28. The smallest absolute Gasteiger partial charge is 0.404 e. The van der Waals surface area contributed by atoms with E-state index in [0.717, 1.165) is 4.90 Å². The molecule has 0 fully saturated rings. The molecule has 1 heterocycles. The van der Waals surface area contributed by atoms with E-state index in [1.165, 1.54) is 12.2 Å². The summed E-state index contributed by atoms with van der Waals surface area (Å²) in [5.41, 5.74) is 11.2. The minimum Gasteiger partial charge on any atom is -0.445 e. The third-order valence-electron chi connectivity index (χ3n) is 6.66. The maximum atomic E-state index is 13.3. The SMILES string of the molecule is CC(C)C(NC(=O)CCCCCN1C(=O)C=CC1=O)C(=O)N[C@@H](CCCNC(N)=O)C(=O)Nc1ccc(COC(N)=O)cc1. The number of unbranched alkanes of at least 4 members (excludes halogenated alkanes) is 2. The van der Waals surface area contributed by atoms with Crippen molar-refractivity contribution in [1.82, 2.24) is 20.9 Å². The molecule has 8 amide bonds. The number of carbonyl (C=O) groups is 7. The molecule has 0 aromatic heterocycles. The minimum absolute atomic E-state index is 0.0320. The molecule has 240 valence electrons. The quantitative estimate of drug-likeness (QED) is 0.102. The van der Waals surface area contributed by atoms with Crippen LogP contribution in [-0.2, 0) is 35.3 Å². The summed E-state index contributed by atoms with van der Waals surface area (Å²) in [4.78, 5) is 85.3. The third-order valence-corrected chi connectivity index (χ3v) is 6.66. The van der Waals surface area contributed by atoms with Gasteiger partial charge in [-0.3, -0.25) is 28.9 Å². The van der Waals surface area contributed by atoms with Crippen LogP contribution in [0.5, 0.6) is 0 Å². The first-order chi connectivity index (χ1) is 20.9. The highest BCUT2D eigenvalue weighted by Crippen LogP contribution is 2.13. The fourth-order valence-electron chi connectivity index (χ4n) is 4.28. The Morgan fingerprint density at radius 1 is 0.864 bits per heavy atom. The second-order valence-corrected chi connectivity index (χ2v) is 10.5. The monoisotopic (exact) mass is 615 g/mol. The van der Waals surface area contributed by atoms with Gasteiger partial charge >= 0.3 is 12.1 Å². The number of amides is 8. The number of benzene rings is 1. The van der Waals surface area contributed by atoms with Gasteiger partial charge in [0, 0.05) is 37.3 Å². The van der Waals surface area contributed by atoms with Gasteiger partial charge in [-0.25, -0.2) is 9.59 Å². The summed E-state index contributed by atoms with van der Waals surface area (Å²) in [7, 11) is 0. The molecular formula is C29H41N7O8. The molecule has 0 radical (unpaired) electrons. The van der Waals surface area contributed by atoms with Crippen LogP contribution in [0.15, 0.2) is 36.4 Å². The highest BCUT2D eigenvalue weighted by Gasteiger charge is 2.29. The van der Waals surface area contributed by atoms with Crippen LogP contribution in [0.2, 0.25) is 0 Å². The number of nitrogens with one attached hydrogen (secondary N) is 4. The molecular weight excluding hydrogens is 574 g/mol. The molecule has 0 aliphatic carbocycles. The van der Waals surface area contributed by atoms with Crippen molar-refractivity contribution >= 4 is 47.3 Å². The number of nitrogens with zero attached hydrogens (tertiary/aromatic N) is 1. The maximum Gasteiger partial charge on any atom is 0.404 e. The van der Waals surface area contributed by atoms with Crippen molar-refractivity contribution in [2.45, 2.75) is 71.1 Å². The molecule has 15 nitrogen and oxygen atoms in total. The molecule has 0 bridgehead atoms. The van der Waals surface area contributed by atoms with Gasteiger partial charge in [0.2, 0.25) is 17.7 Å². The third kappa shape index (κ3) is 12.5. The number of urea groups is 1. The Morgan fingerprint density at radius 3 is 2.11 bits per heavy atom. The highest BCUT2D eigenvalue weighted by atomic mass is 16.5. The molecule has 1 aliphatic rings. The molecule has 15 heteroatoms. The highest BCUT2D eigenvalue weighted by molar-refractivity contribution is 6.12. The number of ether oxygens (including phenoxy) is 1. The number of hydrogen-bond acceptors (Lipinski definition) is 8. The molecule has 2 rings (SSSR count). The van der Waals surface area contributed by atoms with Crippen LogP contribution < -0.4 is 32.7 Å². The summed E-state index contributed by atoms with van der Waals surface area (Å²) in [5, 5.41) is 10.6. The van der Waals surface area contributed by atoms with E-state index in [1.54, 1.807) is 38.1 Å². The van der Waals surface area contributed by atoms with Crippen LogP contribution >= 0.6 is 0 Å². The summed E-state index contributed by atoms with van der Waals surface area (Å²) in [6.45, 7) is 3.95. The normalized spacial score (nSPS) is 13.8. The van der Waals surface area contributed by atoms with Crippen molar-refractivity contribution < 1.29 is 38.3 Å². The van der Waals surface area contributed by atoms with Crippen molar-refractivity contribution in [2.24, 2.45) is 17.4 Å². The van der Waals surface area contributed by atoms with Crippen molar-refractivity contribution in [3.05, 3.63) is 42.0 Å². The largest absolute Gasteiger partial charge is 0.445 e. The zero-order valence-corrected chi connectivity index (χ0v) is 24.9. The Kier molecular flexibility index (Phi) is 14.3. The van der Waals surface area contributed by atoms with Gasteiger partial charge in [-0.2, -0.15) is 0 Å². The summed E-state index contributed by atoms with van der Waals surface area (Å²) >= 11 is 0. The molecule has 0 saturated heterocycles. The van der Waals surface area contributed by atoms with Crippen LogP contribution in [0, 0.1) is 5.92 Å². The van der Waals surface area contributed by atoms with Gasteiger partial charge in [0.25, 0.3) is 11.8 Å². The number of carbonyl (C=O) groups excluding carboxylic acids is 7. The van der Waals surface area contributed by atoms with Crippen LogP contribution in [0.25, 0.3) is 0 Å². The van der Waals surface area contributed by atoms with E-state index in [-0.39, 0.29) is 56.2 Å². The van der Waals surface area contributed by atoms with E-state index in [4.69, 9.17) is 16.2 Å². The molecule has 2 atom stereocenters. The average molecular weight is 616 g/mol. The van der Waals surface area contributed by atoms with Gasteiger partial charge in [-0.15, -0.1) is 0 Å². The summed E-state index contributed by atoms with van der Waals surface area (Å²) in [6.07, 6.45) is 3.81. The fourth-order valence-corrected chi connectivity index (χ4v) is 4.28. The fraction of sp³-hybridized carbons (Fsp3) is 0.483. The standard InChI is InChI=1S/C29H41N7O8/c1-18(2)25(35-22(37)8-4-3-5-16-36-23(38)13-14-24(36)39)27(41)34-21(7-6-15-32-28(30)42)26(40)33-20-11-9-19(10-12-20)17-44-29(31)43/h9-14,18,21,25H,3-8,15-17H2,1-2H3,(H2,31,43)(H,33,40)(H,34,41)(H,35,37)(H3,30,32,42)/t21-,25?/m0/s1. The van der Waals surface area contributed by atoms with Gasteiger partial charge in [-0.1, -0.05) is 32.4 Å².